The van der Waals surface area contributed by atoms with Crippen molar-refractivity contribution in [1.29, 1.82) is 5.26 Å². The Morgan fingerprint density at radius 3 is 2.81 bits per heavy atom. The summed E-state index contributed by atoms with van der Waals surface area (Å²) in [5.74, 6) is 0.476. The highest BCUT2D eigenvalue weighted by Gasteiger charge is 2.27. The van der Waals surface area contributed by atoms with Crippen LogP contribution in [-0.4, -0.2) is 13.4 Å². The maximum atomic E-state index is 12.3. The second kappa shape index (κ2) is 5.30. The van der Waals surface area contributed by atoms with Crippen molar-refractivity contribution in [3.05, 3.63) is 39.9 Å². The van der Waals surface area contributed by atoms with Crippen LogP contribution in [0, 0.1) is 11.3 Å². The number of nitrogens with zero attached hydrogens (tertiary/aromatic N) is 2. The van der Waals surface area contributed by atoms with Crippen LogP contribution >= 0.6 is 22.9 Å². The van der Waals surface area contributed by atoms with Crippen LogP contribution in [0.15, 0.2) is 28.5 Å². The fraction of sp³-hybridized carbons (Fsp3) is 0.231. The first-order valence-electron chi connectivity index (χ1n) is 6.17. The van der Waals surface area contributed by atoms with Gasteiger partial charge in [-0.1, -0.05) is 11.6 Å². The minimum absolute atomic E-state index is 0.00896. The standard InChI is InChI=1S/C13H10ClN3O2S2/c14-11-5-10(4-3-9(11)6-15)21(18,19)17-13-16-12(7-20-13)8-1-2-8/h3-5,7-8H,1-2H2,(H,16,17). The average Bonchev–Trinajstić information content (AvgIpc) is 3.19. The fourth-order valence-corrected chi connectivity index (χ4v) is 4.19. The van der Waals surface area contributed by atoms with E-state index in [-0.39, 0.29) is 15.5 Å². The van der Waals surface area contributed by atoms with E-state index in [1.807, 2.05) is 11.4 Å². The van der Waals surface area contributed by atoms with Crippen LogP contribution in [0.3, 0.4) is 0 Å². The number of benzene rings is 1. The molecule has 1 aromatic heterocycles. The molecule has 21 heavy (non-hydrogen) atoms. The van der Waals surface area contributed by atoms with E-state index >= 15 is 0 Å². The third-order valence-corrected chi connectivity index (χ3v) is 5.67. The number of sulfonamides is 1. The van der Waals surface area contributed by atoms with Crippen molar-refractivity contribution in [2.45, 2.75) is 23.7 Å². The highest BCUT2D eigenvalue weighted by atomic mass is 35.5. The lowest BCUT2D eigenvalue weighted by molar-refractivity contribution is 0.601. The highest BCUT2D eigenvalue weighted by molar-refractivity contribution is 7.93. The van der Waals surface area contributed by atoms with Crippen LogP contribution in [0.2, 0.25) is 5.02 Å². The Bertz CT molecular complexity index is 835. The van der Waals surface area contributed by atoms with Gasteiger partial charge in [0.1, 0.15) is 6.07 Å². The molecule has 0 unspecified atom stereocenters. The van der Waals surface area contributed by atoms with Crippen LogP contribution in [0.5, 0.6) is 0 Å². The lowest BCUT2D eigenvalue weighted by atomic mass is 10.2. The molecule has 0 amide bonds. The number of nitrogens with one attached hydrogen (secondary N) is 1. The van der Waals surface area contributed by atoms with Crippen molar-refractivity contribution in [1.82, 2.24) is 4.98 Å². The third kappa shape index (κ3) is 3.02. The Labute approximate surface area is 131 Å². The monoisotopic (exact) mass is 339 g/mol. The average molecular weight is 340 g/mol. The molecule has 0 bridgehead atoms. The minimum Gasteiger partial charge on any atom is -0.255 e. The zero-order valence-electron chi connectivity index (χ0n) is 10.7. The van der Waals surface area contributed by atoms with Gasteiger partial charge in [-0.2, -0.15) is 5.26 Å². The van der Waals surface area contributed by atoms with Gasteiger partial charge in [0.15, 0.2) is 5.13 Å². The number of aromatic nitrogens is 1. The van der Waals surface area contributed by atoms with Crippen LogP contribution in [0.4, 0.5) is 5.13 Å². The summed E-state index contributed by atoms with van der Waals surface area (Å²) in [5, 5.41) is 11.1. The van der Waals surface area contributed by atoms with Crippen molar-refractivity contribution in [3.8, 4) is 6.07 Å². The van der Waals surface area contributed by atoms with E-state index in [0.717, 1.165) is 18.5 Å². The molecule has 0 aliphatic heterocycles. The fourth-order valence-electron chi connectivity index (χ4n) is 1.83. The first-order chi connectivity index (χ1) is 9.99. The summed E-state index contributed by atoms with van der Waals surface area (Å²) in [6, 6.07) is 5.88. The van der Waals surface area contributed by atoms with Gasteiger partial charge < -0.3 is 0 Å². The Morgan fingerprint density at radius 2 is 2.19 bits per heavy atom. The van der Waals surface area contributed by atoms with Crippen molar-refractivity contribution >= 4 is 38.1 Å². The summed E-state index contributed by atoms with van der Waals surface area (Å²) in [4.78, 5) is 4.29. The maximum Gasteiger partial charge on any atom is 0.263 e. The molecule has 2 aromatic rings. The van der Waals surface area contributed by atoms with Gasteiger partial charge in [-0.25, -0.2) is 13.4 Å². The molecular formula is C13H10ClN3O2S2. The molecular weight excluding hydrogens is 330 g/mol. The number of nitriles is 1. The summed E-state index contributed by atoms with van der Waals surface area (Å²) in [5.41, 5.74) is 1.18. The Kier molecular flexibility index (Phi) is 3.61. The van der Waals surface area contributed by atoms with E-state index in [0.29, 0.717) is 11.0 Å². The summed E-state index contributed by atoms with van der Waals surface area (Å²) in [7, 11) is -3.75. The van der Waals surface area contributed by atoms with Gasteiger partial charge in [0.25, 0.3) is 10.0 Å². The molecule has 0 spiro atoms. The van der Waals surface area contributed by atoms with Gasteiger partial charge in [-0.05, 0) is 31.0 Å². The van der Waals surface area contributed by atoms with Crippen LogP contribution in [0.1, 0.15) is 30.0 Å². The zero-order chi connectivity index (χ0) is 15.0. The molecule has 8 heteroatoms. The molecule has 1 aromatic carbocycles. The first-order valence-corrected chi connectivity index (χ1v) is 8.91. The van der Waals surface area contributed by atoms with E-state index in [2.05, 4.69) is 9.71 Å². The second-order valence-electron chi connectivity index (χ2n) is 4.71. The molecule has 3 rings (SSSR count). The predicted molar refractivity (Wildman–Crippen MR) is 81.1 cm³/mol. The van der Waals surface area contributed by atoms with Crippen molar-refractivity contribution in [3.63, 3.8) is 0 Å². The van der Waals surface area contributed by atoms with Gasteiger partial charge in [0.2, 0.25) is 0 Å². The van der Waals surface area contributed by atoms with Crippen LogP contribution in [-0.2, 0) is 10.0 Å². The molecule has 0 saturated heterocycles. The number of anilines is 1. The molecule has 5 nitrogen and oxygen atoms in total. The Balaban J connectivity index is 1.85. The predicted octanol–water partition coefficient (Wildman–Crippen LogP) is 3.35. The number of rotatable bonds is 4. The van der Waals surface area contributed by atoms with Crippen molar-refractivity contribution in [2.75, 3.05) is 4.72 Å². The summed E-state index contributed by atoms with van der Waals surface area (Å²) < 4.78 is 27.0. The quantitative estimate of drug-likeness (QED) is 0.925. The second-order valence-corrected chi connectivity index (χ2v) is 7.66. The molecule has 1 heterocycles. The lowest BCUT2D eigenvalue weighted by Crippen LogP contribution is -2.13. The van der Waals surface area contributed by atoms with E-state index in [4.69, 9.17) is 16.9 Å². The van der Waals surface area contributed by atoms with E-state index in [1.165, 1.54) is 29.5 Å². The van der Waals surface area contributed by atoms with Crippen molar-refractivity contribution < 1.29 is 8.42 Å². The zero-order valence-corrected chi connectivity index (χ0v) is 13.1. The molecule has 108 valence electrons. The molecule has 1 aliphatic rings. The third-order valence-electron chi connectivity index (χ3n) is 3.11. The molecule has 1 aliphatic carbocycles. The van der Waals surface area contributed by atoms with Gasteiger partial charge in [-0.3, -0.25) is 4.72 Å². The van der Waals surface area contributed by atoms with Crippen molar-refractivity contribution in [2.24, 2.45) is 0 Å². The smallest absolute Gasteiger partial charge is 0.255 e. The first kappa shape index (κ1) is 14.3. The SMILES string of the molecule is N#Cc1ccc(S(=O)(=O)Nc2nc(C3CC3)cs2)cc1Cl. The minimum atomic E-state index is -3.75. The molecule has 1 N–H and O–H groups in total. The lowest BCUT2D eigenvalue weighted by Gasteiger charge is -2.06. The summed E-state index contributed by atoms with van der Waals surface area (Å²) in [6.45, 7) is 0. The number of halogens is 1. The molecule has 1 saturated carbocycles. The van der Waals surface area contributed by atoms with E-state index < -0.39 is 10.0 Å². The maximum absolute atomic E-state index is 12.3. The largest absolute Gasteiger partial charge is 0.263 e. The van der Waals surface area contributed by atoms with Gasteiger partial charge >= 0.3 is 0 Å². The number of thiazole rings is 1. The van der Waals surface area contributed by atoms with Crippen LogP contribution < -0.4 is 4.72 Å². The summed E-state index contributed by atoms with van der Waals surface area (Å²) >= 11 is 7.13. The molecule has 1 fully saturated rings. The van der Waals surface area contributed by atoms with E-state index in [9.17, 15) is 8.42 Å². The Hall–Kier alpha value is -1.62. The normalized spacial score (nSPS) is 14.7. The van der Waals surface area contributed by atoms with Gasteiger partial charge in [0.05, 0.1) is 21.2 Å². The molecule has 0 atom stereocenters. The number of hydrogen-bond acceptors (Lipinski definition) is 5. The number of hydrogen-bond donors (Lipinski definition) is 1. The van der Waals surface area contributed by atoms with Gasteiger partial charge in [0, 0.05) is 11.3 Å². The highest BCUT2D eigenvalue weighted by Crippen LogP contribution is 2.41. The topological polar surface area (TPSA) is 82.8 Å². The van der Waals surface area contributed by atoms with Crippen LogP contribution in [0.25, 0.3) is 0 Å². The van der Waals surface area contributed by atoms with E-state index in [1.54, 1.807) is 0 Å². The summed E-state index contributed by atoms with van der Waals surface area (Å²) in [6.07, 6.45) is 2.22. The Morgan fingerprint density at radius 1 is 1.43 bits per heavy atom. The van der Waals surface area contributed by atoms with Gasteiger partial charge in [-0.15, -0.1) is 11.3 Å². The molecule has 0 radical (unpaired) electrons.